The first-order chi connectivity index (χ1) is 13.1. The highest BCUT2D eigenvalue weighted by Crippen LogP contribution is 2.26. The maximum absolute atomic E-state index is 7.29. The van der Waals surface area contributed by atoms with Gasteiger partial charge in [0, 0.05) is 17.2 Å². The summed E-state index contributed by atoms with van der Waals surface area (Å²) in [4.78, 5) is 9.30. The topological polar surface area (TPSA) is 61.7 Å². The number of hydrogen-bond acceptors (Lipinski definition) is 4. The van der Waals surface area contributed by atoms with Crippen LogP contribution in [0.2, 0.25) is 0 Å². The van der Waals surface area contributed by atoms with Gasteiger partial charge in [-0.3, -0.25) is 0 Å². The molecule has 2 N–H and O–H groups in total. The number of unbranched alkanes of at least 4 members (excludes halogenated alkanes) is 2. The van der Waals surface area contributed by atoms with Crippen molar-refractivity contribution >= 4 is 22.9 Å². The van der Waals surface area contributed by atoms with Crippen LogP contribution >= 0.6 is 0 Å². The van der Waals surface area contributed by atoms with Gasteiger partial charge in [0.2, 0.25) is 0 Å². The minimum absolute atomic E-state index is 0.486. The van der Waals surface area contributed by atoms with E-state index < -0.39 is 0 Å². The van der Waals surface area contributed by atoms with E-state index >= 15 is 0 Å². The standard InChI is InChI=1S/C18H16N4.C5H12/c1-12-7-3-4-8-14(12)17-21-16-10-6-5-9-15(16)18(22-17)20-13(2)11-19;1-3-5-4-2/h3-11,19H,2H2,1H3,(H,20,21,22);3-5H2,1-2H3. The van der Waals surface area contributed by atoms with Crippen LogP contribution in [0.5, 0.6) is 0 Å². The van der Waals surface area contributed by atoms with Crippen LogP contribution in [-0.2, 0) is 0 Å². The Kier molecular flexibility index (Phi) is 7.68. The molecule has 1 aromatic heterocycles. The SMILES string of the molecule is C=C(C=N)Nc1nc(-c2ccccc2C)nc2ccccc12.CCCCC. The number of nitrogens with zero attached hydrogens (tertiary/aromatic N) is 2. The van der Waals surface area contributed by atoms with Crippen LogP contribution in [0.4, 0.5) is 5.82 Å². The van der Waals surface area contributed by atoms with E-state index in [9.17, 15) is 0 Å². The van der Waals surface area contributed by atoms with Crippen molar-refractivity contribution in [1.82, 2.24) is 9.97 Å². The quantitative estimate of drug-likeness (QED) is 0.502. The van der Waals surface area contributed by atoms with Gasteiger partial charge < -0.3 is 10.7 Å². The van der Waals surface area contributed by atoms with Crippen LogP contribution in [0, 0.1) is 12.3 Å². The summed E-state index contributed by atoms with van der Waals surface area (Å²) in [5.41, 5.74) is 3.46. The molecule has 0 spiro atoms. The number of nitrogens with one attached hydrogen (secondary N) is 2. The first-order valence-electron chi connectivity index (χ1n) is 9.39. The predicted molar refractivity (Wildman–Crippen MR) is 116 cm³/mol. The van der Waals surface area contributed by atoms with Gasteiger partial charge in [-0.2, -0.15) is 0 Å². The molecular formula is C23H28N4. The molecule has 3 aromatic rings. The Bertz CT molecular complexity index is 913. The Morgan fingerprint density at radius 1 is 1.04 bits per heavy atom. The molecule has 140 valence electrons. The van der Waals surface area contributed by atoms with Crippen molar-refractivity contribution in [3.63, 3.8) is 0 Å². The van der Waals surface area contributed by atoms with E-state index in [0.717, 1.165) is 22.0 Å². The van der Waals surface area contributed by atoms with E-state index in [2.05, 4.69) is 35.7 Å². The third-order valence-electron chi connectivity index (χ3n) is 4.15. The third-order valence-corrected chi connectivity index (χ3v) is 4.15. The molecule has 2 aromatic carbocycles. The zero-order chi connectivity index (χ0) is 19.6. The number of aromatic nitrogens is 2. The molecule has 4 nitrogen and oxygen atoms in total. The molecule has 0 atom stereocenters. The van der Waals surface area contributed by atoms with E-state index in [0.29, 0.717) is 17.3 Å². The largest absolute Gasteiger partial charge is 0.339 e. The Hall–Kier alpha value is -3.01. The molecule has 0 aliphatic rings. The monoisotopic (exact) mass is 360 g/mol. The van der Waals surface area contributed by atoms with Gasteiger partial charge in [0.05, 0.1) is 11.2 Å². The summed E-state index contributed by atoms with van der Waals surface area (Å²) in [5, 5.41) is 11.3. The second-order valence-electron chi connectivity index (χ2n) is 6.38. The van der Waals surface area contributed by atoms with Crippen LogP contribution in [0.25, 0.3) is 22.3 Å². The maximum atomic E-state index is 7.29. The van der Waals surface area contributed by atoms with E-state index in [1.54, 1.807) is 0 Å². The number of benzene rings is 2. The fourth-order valence-corrected chi connectivity index (χ4v) is 2.66. The zero-order valence-electron chi connectivity index (χ0n) is 16.4. The molecule has 0 fully saturated rings. The highest BCUT2D eigenvalue weighted by Gasteiger charge is 2.10. The molecule has 0 unspecified atom stereocenters. The number of allylic oxidation sites excluding steroid dienone is 1. The van der Waals surface area contributed by atoms with Gasteiger partial charge in [-0.05, 0) is 24.6 Å². The Balaban J connectivity index is 0.000000465. The van der Waals surface area contributed by atoms with Crippen molar-refractivity contribution in [2.24, 2.45) is 0 Å². The molecular weight excluding hydrogens is 332 g/mol. The van der Waals surface area contributed by atoms with Gasteiger partial charge in [-0.25, -0.2) is 9.97 Å². The van der Waals surface area contributed by atoms with Crippen molar-refractivity contribution < 1.29 is 0 Å². The van der Waals surface area contributed by atoms with Crippen LogP contribution in [0.15, 0.2) is 60.8 Å². The number of aryl methyl sites for hydroxylation is 1. The molecule has 0 radical (unpaired) electrons. The summed E-state index contributed by atoms with van der Waals surface area (Å²) in [6, 6.07) is 15.8. The summed E-state index contributed by atoms with van der Waals surface area (Å²) in [7, 11) is 0. The number of rotatable bonds is 6. The Labute approximate surface area is 161 Å². The second-order valence-corrected chi connectivity index (χ2v) is 6.38. The van der Waals surface area contributed by atoms with E-state index in [1.165, 1.54) is 25.5 Å². The molecule has 0 saturated heterocycles. The first-order valence-corrected chi connectivity index (χ1v) is 9.39. The van der Waals surface area contributed by atoms with E-state index in [-0.39, 0.29) is 0 Å². The predicted octanol–water partition coefficient (Wildman–Crippen LogP) is 6.38. The van der Waals surface area contributed by atoms with Crippen LogP contribution in [0.1, 0.15) is 38.7 Å². The molecule has 0 aliphatic carbocycles. The summed E-state index contributed by atoms with van der Waals surface area (Å²) < 4.78 is 0. The van der Waals surface area contributed by atoms with Crippen molar-refractivity contribution in [1.29, 1.82) is 5.41 Å². The molecule has 3 rings (SSSR count). The minimum Gasteiger partial charge on any atom is -0.339 e. The molecule has 0 aliphatic heterocycles. The normalized spacial score (nSPS) is 10.0. The third kappa shape index (κ3) is 5.48. The molecule has 0 bridgehead atoms. The Morgan fingerprint density at radius 2 is 1.70 bits per heavy atom. The van der Waals surface area contributed by atoms with Crippen molar-refractivity contribution in [3.05, 3.63) is 66.4 Å². The van der Waals surface area contributed by atoms with Crippen molar-refractivity contribution in [2.75, 3.05) is 5.32 Å². The number of hydrogen-bond donors (Lipinski definition) is 2. The van der Waals surface area contributed by atoms with Crippen molar-refractivity contribution in [2.45, 2.75) is 40.0 Å². The summed E-state index contributed by atoms with van der Waals surface area (Å²) in [5.74, 6) is 1.33. The van der Waals surface area contributed by atoms with Gasteiger partial charge in [0.25, 0.3) is 0 Å². The number of anilines is 1. The molecule has 0 saturated carbocycles. The van der Waals surface area contributed by atoms with Gasteiger partial charge >= 0.3 is 0 Å². The van der Waals surface area contributed by atoms with Gasteiger partial charge in [-0.15, -0.1) is 0 Å². The van der Waals surface area contributed by atoms with E-state index in [1.807, 2.05) is 55.5 Å². The smallest absolute Gasteiger partial charge is 0.162 e. The lowest BCUT2D eigenvalue weighted by atomic mass is 10.1. The fraction of sp³-hybridized carbons (Fsp3) is 0.261. The lowest BCUT2D eigenvalue weighted by molar-refractivity contribution is 0.772. The average molecular weight is 361 g/mol. The second kappa shape index (κ2) is 10.2. The average Bonchev–Trinajstić information content (AvgIpc) is 2.69. The maximum Gasteiger partial charge on any atom is 0.162 e. The number of fused-ring (bicyclic) bond motifs is 1. The Morgan fingerprint density at radius 3 is 2.33 bits per heavy atom. The van der Waals surface area contributed by atoms with Gasteiger partial charge in [-0.1, -0.05) is 76.1 Å². The van der Waals surface area contributed by atoms with Crippen molar-refractivity contribution in [3.8, 4) is 11.4 Å². The fourth-order valence-electron chi connectivity index (χ4n) is 2.66. The highest BCUT2D eigenvalue weighted by molar-refractivity contribution is 5.93. The van der Waals surface area contributed by atoms with Gasteiger partial charge in [0.15, 0.2) is 5.82 Å². The van der Waals surface area contributed by atoms with E-state index in [4.69, 9.17) is 5.41 Å². The van der Waals surface area contributed by atoms with Crippen LogP contribution in [0.3, 0.4) is 0 Å². The highest BCUT2D eigenvalue weighted by atomic mass is 15.0. The number of para-hydroxylation sites is 1. The lowest BCUT2D eigenvalue weighted by Gasteiger charge is -2.11. The summed E-state index contributed by atoms with van der Waals surface area (Å²) in [6.45, 7) is 10.2. The first kappa shape index (κ1) is 20.3. The van der Waals surface area contributed by atoms with Gasteiger partial charge in [0.1, 0.15) is 5.82 Å². The lowest BCUT2D eigenvalue weighted by Crippen LogP contribution is -2.04. The van der Waals surface area contributed by atoms with Crippen LogP contribution < -0.4 is 5.32 Å². The minimum atomic E-state index is 0.486. The summed E-state index contributed by atoms with van der Waals surface area (Å²) in [6.07, 6.45) is 5.25. The molecule has 4 heteroatoms. The molecule has 1 heterocycles. The van der Waals surface area contributed by atoms with Crippen LogP contribution in [-0.4, -0.2) is 16.2 Å². The summed E-state index contributed by atoms with van der Waals surface area (Å²) >= 11 is 0. The zero-order valence-corrected chi connectivity index (χ0v) is 16.4. The molecule has 27 heavy (non-hydrogen) atoms. The molecule has 0 amide bonds.